The summed E-state index contributed by atoms with van der Waals surface area (Å²) in [6.07, 6.45) is 3.57. The molecule has 146 valence electrons. The maximum Gasteiger partial charge on any atom is 0.255 e. The number of benzene rings is 1. The lowest BCUT2D eigenvalue weighted by Crippen LogP contribution is -2.31. The molecule has 5 rings (SSSR count). The van der Waals surface area contributed by atoms with E-state index in [4.69, 9.17) is 4.74 Å². The average molecular weight is 393 g/mol. The Morgan fingerprint density at radius 2 is 2.14 bits per heavy atom. The SMILES string of the molecule is COc1c(F)cccc1Nc1c(-c2ncnc3nc[nH]c23)[nH]c2c1C(=O)NCC2. The Balaban J connectivity index is 1.74. The minimum atomic E-state index is -0.508. The van der Waals surface area contributed by atoms with Crippen molar-refractivity contribution >= 4 is 28.4 Å². The number of aromatic amines is 2. The minimum absolute atomic E-state index is 0.0546. The number of hydrogen-bond donors (Lipinski definition) is 4. The summed E-state index contributed by atoms with van der Waals surface area (Å²) in [6, 6.07) is 4.55. The highest BCUT2D eigenvalue weighted by atomic mass is 19.1. The molecule has 4 heterocycles. The van der Waals surface area contributed by atoms with Crippen molar-refractivity contribution in [2.24, 2.45) is 0 Å². The summed E-state index contributed by atoms with van der Waals surface area (Å²) in [6.45, 7) is 0.526. The highest BCUT2D eigenvalue weighted by Crippen LogP contribution is 2.39. The lowest BCUT2D eigenvalue weighted by Gasteiger charge is -2.16. The van der Waals surface area contributed by atoms with E-state index in [1.54, 1.807) is 12.1 Å². The van der Waals surface area contributed by atoms with Crippen molar-refractivity contribution in [3.8, 4) is 17.1 Å². The number of halogens is 1. The molecule has 3 aromatic heterocycles. The monoisotopic (exact) mass is 393 g/mol. The third kappa shape index (κ3) is 2.68. The van der Waals surface area contributed by atoms with E-state index >= 15 is 0 Å². The van der Waals surface area contributed by atoms with Gasteiger partial charge in [-0.05, 0) is 12.1 Å². The summed E-state index contributed by atoms with van der Waals surface area (Å²) in [5, 5.41) is 6.02. The fraction of sp³-hybridized carbons (Fsp3) is 0.158. The van der Waals surface area contributed by atoms with Gasteiger partial charge in [-0.3, -0.25) is 4.79 Å². The summed E-state index contributed by atoms with van der Waals surface area (Å²) < 4.78 is 19.4. The maximum atomic E-state index is 14.2. The first kappa shape index (κ1) is 17.2. The number of imidazole rings is 1. The number of amides is 1. The molecule has 0 saturated carbocycles. The predicted molar refractivity (Wildman–Crippen MR) is 104 cm³/mol. The number of nitrogens with zero attached hydrogens (tertiary/aromatic N) is 3. The molecule has 4 aromatic rings. The Bertz CT molecular complexity index is 1250. The van der Waals surface area contributed by atoms with Crippen molar-refractivity contribution in [2.45, 2.75) is 6.42 Å². The molecule has 29 heavy (non-hydrogen) atoms. The number of fused-ring (bicyclic) bond motifs is 2. The first-order valence-electron chi connectivity index (χ1n) is 8.94. The number of hydrogen-bond acceptors (Lipinski definition) is 6. The van der Waals surface area contributed by atoms with Gasteiger partial charge < -0.3 is 25.3 Å². The molecule has 0 radical (unpaired) electrons. The number of carbonyl (C=O) groups is 1. The maximum absolute atomic E-state index is 14.2. The normalized spacial score (nSPS) is 13.2. The zero-order valence-corrected chi connectivity index (χ0v) is 15.3. The van der Waals surface area contributed by atoms with E-state index < -0.39 is 5.82 Å². The van der Waals surface area contributed by atoms with Gasteiger partial charge in [-0.1, -0.05) is 6.07 Å². The zero-order chi connectivity index (χ0) is 20.0. The third-order valence-electron chi connectivity index (χ3n) is 4.86. The molecular formula is C19H16FN7O2. The second-order valence-electron chi connectivity index (χ2n) is 6.50. The number of nitrogens with one attached hydrogen (secondary N) is 4. The van der Waals surface area contributed by atoms with E-state index in [0.29, 0.717) is 52.5 Å². The van der Waals surface area contributed by atoms with E-state index in [1.165, 1.54) is 25.8 Å². The van der Waals surface area contributed by atoms with Crippen LogP contribution in [0.1, 0.15) is 16.1 Å². The standard InChI is InChI=1S/C19H16FN7O2/c1-29-17-9(20)3-2-4-11(17)27-13-12-10(5-6-21-19(12)28)26-15(13)14-16-18(24-7-22-14)25-8-23-16/h2-4,7-8,26-27H,5-6H2,1H3,(H,21,28)(H,22,23,24,25). The predicted octanol–water partition coefficient (Wildman–Crippen LogP) is 2.53. The Labute approximate surface area is 163 Å². The van der Waals surface area contributed by atoms with E-state index in [1.807, 2.05) is 0 Å². The summed E-state index contributed by atoms with van der Waals surface area (Å²) in [4.78, 5) is 31.7. The summed E-state index contributed by atoms with van der Waals surface area (Å²) in [7, 11) is 1.39. The largest absolute Gasteiger partial charge is 0.492 e. The highest BCUT2D eigenvalue weighted by molar-refractivity contribution is 6.07. The number of para-hydroxylation sites is 1. The number of methoxy groups -OCH3 is 1. The molecular weight excluding hydrogens is 377 g/mol. The van der Waals surface area contributed by atoms with Gasteiger partial charge >= 0.3 is 0 Å². The van der Waals surface area contributed by atoms with Crippen LogP contribution in [0.3, 0.4) is 0 Å². The fourth-order valence-corrected chi connectivity index (χ4v) is 3.59. The van der Waals surface area contributed by atoms with Gasteiger partial charge in [-0.25, -0.2) is 19.3 Å². The van der Waals surface area contributed by atoms with Crippen LogP contribution >= 0.6 is 0 Å². The van der Waals surface area contributed by atoms with Gasteiger partial charge in [0.2, 0.25) is 0 Å². The van der Waals surface area contributed by atoms with Crippen molar-refractivity contribution in [3.05, 3.63) is 47.9 Å². The molecule has 0 aliphatic carbocycles. The van der Waals surface area contributed by atoms with Crippen LogP contribution in [0.5, 0.6) is 5.75 Å². The highest BCUT2D eigenvalue weighted by Gasteiger charge is 2.29. The number of aromatic nitrogens is 5. The molecule has 9 nitrogen and oxygen atoms in total. The number of rotatable bonds is 4. The number of carbonyl (C=O) groups excluding carboxylic acids is 1. The van der Waals surface area contributed by atoms with Gasteiger partial charge in [0.1, 0.15) is 17.5 Å². The topological polar surface area (TPSA) is 121 Å². The Hall–Kier alpha value is -3.95. The first-order valence-corrected chi connectivity index (χ1v) is 8.94. The van der Waals surface area contributed by atoms with Crippen LogP contribution < -0.4 is 15.4 Å². The molecule has 0 fully saturated rings. The molecule has 0 bridgehead atoms. The van der Waals surface area contributed by atoms with Crippen molar-refractivity contribution in [3.63, 3.8) is 0 Å². The second-order valence-corrected chi connectivity index (χ2v) is 6.50. The second kappa shape index (κ2) is 6.59. The number of anilines is 2. The molecule has 0 unspecified atom stereocenters. The van der Waals surface area contributed by atoms with Gasteiger partial charge in [0.15, 0.2) is 17.2 Å². The van der Waals surface area contributed by atoms with Crippen molar-refractivity contribution in [1.82, 2.24) is 30.2 Å². The molecule has 1 aliphatic heterocycles. The van der Waals surface area contributed by atoms with Gasteiger partial charge in [0.25, 0.3) is 5.91 Å². The molecule has 10 heteroatoms. The average Bonchev–Trinajstić information content (AvgIpc) is 3.34. The van der Waals surface area contributed by atoms with Crippen LogP contribution in [0, 0.1) is 5.82 Å². The van der Waals surface area contributed by atoms with Gasteiger partial charge in [0, 0.05) is 18.7 Å². The van der Waals surface area contributed by atoms with Crippen molar-refractivity contribution in [2.75, 3.05) is 19.0 Å². The fourth-order valence-electron chi connectivity index (χ4n) is 3.59. The number of H-pyrrole nitrogens is 2. The molecule has 0 spiro atoms. The van der Waals surface area contributed by atoms with Crippen molar-refractivity contribution < 1.29 is 13.9 Å². The third-order valence-corrected chi connectivity index (χ3v) is 4.86. The lowest BCUT2D eigenvalue weighted by atomic mass is 10.1. The van der Waals surface area contributed by atoms with Crippen LogP contribution in [0.15, 0.2) is 30.9 Å². The van der Waals surface area contributed by atoms with Gasteiger partial charge in [-0.2, -0.15) is 0 Å². The van der Waals surface area contributed by atoms with Crippen molar-refractivity contribution in [1.29, 1.82) is 0 Å². The smallest absolute Gasteiger partial charge is 0.255 e. The summed E-state index contributed by atoms with van der Waals surface area (Å²) in [5.74, 6) is -0.675. The van der Waals surface area contributed by atoms with Crippen LogP contribution in [0.4, 0.5) is 15.8 Å². The zero-order valence-electron chi connectivity index (χ0n) is 15.3. The van der Waals surface area contributed by atoms with Crippen LogP contribution in [-0.4, -0.2) is 44.5 Å². The molecule has 1 amide bonds. The summed E-state index contributed by atoms with van der Waals surface area (Å²) >= 11 is 0. The molecule has 0 saturated heterocycles. The number of ether oxygens (including phenoxy) is 1. The molecule has 1 aromatic carbocycles. The van der Waals surface area contributed by atoms with E-state index in [0.717, 1.165) is 5.69 Å². The Morgan fingerprint density at radius 1 is 1.24 bits per heavy atom. The molecule has 4 N–H and O–H groups in total. The van der Waals surface area contributed by atoms with Crippen LogP contribution in [-0.2, 0) is 6.42 Å². The van der Waals surface area contributed by atoms with Crippen LogP contribution in [0.25, 0.3) is 22.6 Å². The van der Waals surface area contributed by atoms with E-state index in [-0.39, 0.29) is 11.7 Å². The quantitative estimate of drug-likeness (QED) is 0.423. The van der Waals surface area contributed by atoms with E-state index in [2.05, 4.69) is 35.6 Å². The minimum Gasteiger partial charge on any atom is -0.492 e. The molecule has 1 aliphatic rings. The van der Waals surface area contributed by atoms with E-state index in [9.17, 15) is 9.18 Å². The van der Waals surface area contributed by atoms with Crippen LogP contribution in [0.2, 0.25) is 0 Å². The lowest BCUT2D eigenvalue weighted by molar-refractivity contribution is 0.0947. The Kier molecular flexibility index (Phi) is 3.90. The Morgan fingerprint density at radius 3 is 3.00 bits per heavy atom. The van der Waals surface area contributed by atoms with Gasteiger partial charge in [0.05, 0.1) is 36.1 Å². The van der Waals surface area contributed by atoms with Gasteiger partial charge in [-0.15, -0.1) is 0 Å². The molecule has 0 atom stereocenters. The summed E-state index contributed by atoms with van der Waals surface area (Å²) in [5.41, 5.74) is 4.36. The first-order chi connectivity index (χ1) is 14.2.